The molecule has 0 saturated carbocycles. The first-order valence-corrected chi connectivity index (χ1v) is 2.75. The predicted octanol–water partition coefficient (Wildman–Crippen LogP) is -0.774. The Morgan fingerprint density at radius 3 is 2.50 bits per heavy atom. The number of hydrogen-bond acceptors (Lipinski definition) is 2. The molecule has 2 unspecified atom stereocenters. The van der Waals surface area contributed by atoms with E-state index in [1.807, 2.05) is 0 Å². The maximum absolute atomic E-state index is 10.0. The van der Waals surface area contributed by atoms with Crippen molar-refractivity contribution in [2.24, 2.45) is 0 Å². The van der Waals surface area contributed by atoms with Crippen LogP contribution < -0.4 is 0 Å². The molecule has 2 aliphatic heterocycles. The third-order valence-electron chi connectivity index (χ3n) is 1.67. The summed E-state index contributed by atoms with van der Waals surface area (Å²) in [6.45, 7) is 1.63. The molecule has 0 N–H and O–H groups in total. The van der Waals surface area contributed by atoms with Gasteiger partial charge in [-0.15, -0.1) is 0 Å². The quantitative estimate of drug-likeness (QED) is 0.330. The molecule has 2 atom stereocenters. The highest BCUT2D eigenvalue weighted by Gasteiger charge is 2.46. The van der Waals surface area contributed by atoms with Crippen molar-refractivity contribution in [2.45, 2.75) is 12.2 Å². The summed E-state index contributed by atoms with van der Waals surface area (Å²) in [5.74, 6) is 0. The molecule has 0 aromatic heterocycles. The normalized spacial score (nSPS) is 41.8. The second kappa shape index (κ2) is 1.23. The number of likely N-dealkylation sites (tertiary alicyclic amines) is 1. The number of amides is 1. The lowest BCUT2D eigenvalue weighted by Gasteiger charge is -2.07. The van der Waals surface area contributed by atoms with Crippen molar-refractivity contribution in [1.82, 2.24) is 4.90 Å². The van der Waals surface area contributed by atoms with Crippen LogP contribution in [0.3, 0.4) is 0 Å². The Kier molecular flexibility index (Phi) is 0.663. The predicted molar refractivity (Wildman–Crippen MR) is 26.3 cm³/mol. The van der Waals surface area contributed by atoms with Crippen LogP contribution in [0.5, 0.6) is 0 Å². The molecule has 2 fully saturated rings. The first-order valence-electron chi connectivity index (χ1n) is 2.75. The van der Waals surface area contributed by atoms with Crippen molar-refractivity contribution in [2.75, 3.05) is 13.1 Å². The standard InChI is InChI=1S/C5H7NO2/c7-3-6-1-4-5(2-6)8-4/h3-5H,1-2H2. The van der Waals surface area contributed by atoms with Gasteiger partial charge in [0.2, 0.25) is 6.41 Å². The van der Waals surface area contributed by atoms with Gasteiger partial charge in [-0.2, -0.15) is 0 Å². The van der Waals surface area contributed by atoms with Crippen molar-refractivity contribution in [3.63, 3.8) is 0 Å². The lowest BCUT2D eigenvalue weighted by atomic mass is 10.4. The molecule has 2 rings (SSSR count). The van der Waals surface area contributed by atoms with E-state index in [1.165, 1.54) is 0 Å². The first-order chi connectivity index (χ1) is 3.90. The summed E-state index contributed by atoms with van der Waals surface area (Å²) in [6, 6.07) is 0. The molecule has 0 aliphatic carbocycles. The Balaban J connectivity index is 1.98. The van der Waals surface area contributed by atoms with Crippen LogP contribution in [0.2, 0.25) is 0 Å². The number of epoxide rings is 1. The van der Waals surface area contributed by atoms with Gasteiger partial charge < -0.3 is 9.64 Å². The molecule has 3 heteroatoms. The van der Waals surface area contributed by atoms with Crippen LogP contribution in [0.4, 0.5) is 0 Å². The maximum atomic E-state index is 10.0. The highest BCUT2D eigenvalue weighted by Crippen LogP contribution is 2.29. The van der Waals surface area contributed by atoms with Gasteiger partial charge in [0.15, 0.2) is 0 Å². The number of carbonyl (C=O) groups excluding carboxylic acids is 1. The summed E-state index contributed by atoms with van der Waals surface area (Å²) in [5, 5.41) is 0. The van der Waals surface area contributed by atoms with E-state index in [1.54, 1.807) is 4.90 Å². The molecule has 0 radical (unpaired) electrons. The zero-order chi connectivity index (χ0) is 5.56. The third-order valence-corrected chi connectivity index (χ3v) is 1.67. The van der Waals surface area contributed by atoms with Crippen molar-refractivity contribution in [3.05, 3.63) is 0 Å². The number of carbonyl (C=O) groups is 1. The summed E-state index contributed by atoms with van der Waals surface area (Å²) in [7, 11) is 0. The second-order valence-electron chi connectivity index (χ2n) is 2.27. The Bertz CT molecular complexity index is 116. The number of fused-ring (bicyclic) bond motifs is 1. The molecule has 0 spiro atoms. The van der Waals surface area contributed by atoms with E-state index >= 15 is 0 Å². The minimum absolute atomic E-state index is 0.389. The Morgan fingerprint density at radius 1 is 1.50 bits per heavy atom. The molecule has 2 heterocycles. The van der Waals surface area contributed by atoms with E-state index < -0.39 is 0 Å². The van der Waals surface area contributed by atoms with Gasteiger partial charge in [-0.1, -0.05) is 0 Å². The Hall–Kier alpha value is -0.570. The zero-order valence-corrected chi connectivity index (χ0v) is 4.41. The summed E-state index contributed by atoms with van der Waals surface area (Å²) in [4.78, 5) is 11.8. The molecule has 2 aliphatic rings. The van der Waals surface area contributed by atoms with Crippen LogP contribution in [0.1, 0.15) is 0 Å². The summed E-state index contributed by atoms with van der Waals surface area (Å²) in [5.41, 5.74) is 0. The van der Waals surface area contributed by atoms with E-state index in [0.717, 1.165) is 19.5 Å². The lowest BCUT2D eigenvalue weighted by Crippen LogP contribution is -2.21. The lowest BCUT2D eigenvalue weighted by molar-refractivity contribution is -0.118. The third kappa shape index (κ3) is 0.448. The number of rotatable bonds is 1. The topological polar surface area (TPSA) is 32.8 Å². The fourth-order valence-corrected chi connectivity index (χ4v) is 1.12. The fourth-order valence-electron chi connectivity index (χ4n) is 1.12. The molecule has 0 aromatic carbocycles. The summed E-state index contributed by atoms with van der Waals surface area (Å²) < 4.78 is 5.08. The van der Waals surface area contributed by atoms with Gasteiger partial charge in [0.05, 0.1) is 0 Å². The highest BCUT2D eigenvalue weighted by atomic mass is 16.6. The molecule has 0 aromatic rings. The molecule has 44 valence electrons. The molecule has 8 heavy (non-hydrogen) atoms. The van der Waals surface area contributed by atoms with Gasteiger partial charge in [0, 0.05) is 13.1 Å². The first kappa shape index (κ1) is 4.32. The van der Waals surface area contributed by atoms with Crippen LogP contribution in [0.25, 0.3) is 0 Å². The van der Waals surface area contributed by atoms with Crippen LogP contribution in [-0.4, -0.2) is 36.6 Å². The molecule has 2 saturated heterocycles. The Labute approximate surface area is 47.2 Å². The van der Waals surface area contributed by atoms with Gasteiger partial charge in [-0.3, -0.25) is 4.79 Å². The van der Waals surface area contributed by atoms with Crippen molar-refractivity contribution in [1.29, 1.82) is 0 Å². The van der Waals surface area contributed by atoms with Crippen molar-refractivity contribution >= 4 is 6.41 Å². The fraction of sp³-hybridized carbons (Fsp3) is 0.800. The second-order valence-corrected chi connectivity index (χ2v) is 2.27. The van der Waals surface area contributed by atoms with Crippen LogP contribution in [-0.2, 0) is 9.53 Å². The maximum Gasteiger partial charge on any atom is 0.209 e. The van der Waals surface area contributed by atoms with Gasteiger partial charge >= 0.3 is 0 Å². The zero-order valence-electron chi connectivity index (χ0n) is 4.41. The van der Waals surface area contributed by atoms with E-state index in [2.05, 4.69) is 0 Å². The van der Waals surface area contributed by atoms with E-state index in [-0.39, 0.29) is 0 Å². The SMILES string of the molecule is O=CN1CC2OC2C1. The number of ether oxygens (including phenoxy) is 1. The minimum atomic E-state index is 0.389. The molecule has 0 bridgehead atoms. The minimum Gasteiger partial charge on any atom is -0.366 e. The van der Waals surface area contributed by atoms with Gasteiger partial charge in [0.1, 0.15) is 12.2 Å². The van der Waals surface area contributed by atoms with E-state index in [4.69, 9.17) is 4.74 Å². The Morgan fingerprint density at radius 2 is 2.12 bits per heavy atom. The van der Waals surface area contributed by atoms with E-state index in [0.29, 0.717) is 12.2 Å². The van der Waals surface area contributed by atoms with Crippen LogP contribution in [0.15, 0.2) is 0 Å². The largest absolute Gasteiger partial charge is 0.366 e. The average Bonchev–Trinajstić information content (AvgIpc) is 2.40. The smallest absolute Gasteiger partial charge is 0.209 e. The van der Waals surface area contributed by atoms with E-state index in [9.17, 15) is 4.79 Å². The number of hydrogen-bond donors (Lipinski definition) is 0. The van der Waals surface area contributed by atoms with Gasteiger partial charge in [0.25, 0.3) is 0 Å². The molecule has 3 nitrogen and oxygen atoms in total. The van der Waals surface area contributed by atoms with Crippen LogP contribution in [0, 0.1) is 0 Å². The van der Waals surface area contributed by atoms with Gasteiger partial charge in [-0.05, 0) is 0 Å². The summed E-state index contributed by atoms with van der Waals surface area (Å²) >= 11 is 0. The molecular formula is C5H7NO2. The number of nitrogens with zero attached hydrogens (tertiary/aromatic N) is 1. The summed E-state index contributed by atoms with van der Waals surface area (Å²) in [6.07, 6.45) is 1.66. The average molecular weight is 113 g/mol. The van der Waals surface area contributed by atoms with Crippen LogP contribution >= 0.6 is 0 Å². The highest BCUT2D eigenvalue weighted by molar-refractivity contribution is 5.48. The molecular weight excluding hydrogens is 106 g/mol. The van der Waals surface area contributed by atoms with Crippen molar-refractivity contribution in [3.8, 4) is 0 Å². The number of morpholine rings is 1. The van der Waals surface area contributed by atoms with Gasteiger partial charge in [-0.25, -0.2) is 0 Å². The van der Waals surface area contributed by atoms with Crippen molar-refractivity contribution < 1.29 is 9.53 Å². The monoisotopic (exact) mass is 113 g/mol. The molecule has 1 amide bonds.